The highest BCUT2D eigenvalue weighted by Crippen LogP contribution is 2.10. The van der Waals surface area contributed by atoms with Gasteiger partial charge in [0.25, 0.3) is 0 Å². The number of methoxy groups -OCH3 is 1. The third-order valence-corrected chi connectivity index (χ3v) is 4.06. The van der Waals surface area contributed by atoms with Gasteiger partial charge in [-0.1, -0.05) is 76.2 Å². The molecule has 0 fully saturated rings. The Morgan fingerprint density at radius 2 is 1.26 bits per heavy atom. The van der Waals surface area contributed by atoms with Gasteiger partial charge in [0.2, 0.25) is 0 Å². The van der Waals surface area contributed by atoms with Gasteiger partial charge in [0.05, 0.1) is 7.11 Å². The standard InChI is InChI=1S/C21H38O2/c1-3-4-5-6-7-8-9-10-11-12-13-14-15-16-17-18-19-20-21(22)23-2/h7-8,10-11H,3-6,9,12-20H2,1-2H3/b8-7+,11-10+. The smallest absolute Gasteiger partial charge is 0.305 e. The average molecular weight is 323 g/mol. The zero-order valence-corrected chi connectivity index (χ0v) is 15.5. The van der Waals surface area contributed by atoms with Crippen molar-refractivity contribution in [3.05, 3.63) is 24.3 Å². The van der Waals surface area contributed by atoms with E-state index in [2.05, 4.69) is 36.0 Å². The van der Waals surface area contributed by atoms with Crippen LogP contribution in [0.1, 0.15) is 96.8 Å². The van der Waals surface area contributed by atoms with Crippen molar-refractivity contribution in [1.82, 2.24) is 0 Å². The molecule has 0 unspecified atom stereocenters. The van der Waals surface area contributed by atoms with Gasteiger partial charge in [0.1, 0.15) is 0 Å². The molecule has 0 N–H and O–H groups in total. The second-order valence-electron chi connectivity index (χ2n) is 6.26. The van der Waals surface area contributed by atoms with Crippen LogP contribution in [-0.4, -0.2) is 13.1 Å². The average Bonchev–Trinajstić information content (AvgIpc) is 2.57. The maximum Gasteiger partial charge on any atom is 0.305 e. The van der Waals surface area contributed by atoms with Gasteiger partial charge in [-0.15, -0.1) is 0 Å². The highest BCUT2D eigenvalue weighted by Gasteiger charge is 1.98. The topological polar surface area (TPSA) is 26.3 Å². The first-order valence-electron chi connectivity index (χ1n) is 9.68. The normalized spacial score (nSPS) is 11.6. The molecule has 0 aliphatic heterocycles. The molecule has 2 heteroatoms. The lowest BCUT2D eigenvalue weighted by Crippen LogP contribution is -1.99. The molecule has 0 aliphatic carbocycles. The second kappa shape index (κ2) is 19.0. The number of hydrogen-bond donors (Lipinski definition) is 0. The van der Waals surface area contributed by atoms with Crippen molar-refractivity contribution in [2.75, 3.05) is 7.11 Å². The second-order valence-corrected chi connectivity index (χ2v) is 6.26. The van der Waals surface area contributed by atoms with E-state index in [1.807, 2.05) is 0 Å². The third kappa shape index (κ3) is 18.9. The van der Waals surface area contributed by atoms with E-state index in [0.29, 0.717) is 6.42 Å². The number of unbranched alkanes of at least 4 members (excludes halogenated alkanes) is 10. The van der Waals surface area contributed by atoms with Gasteiger partial charge in [-0.2, -0.15) is 0 Å². The summed E-state index contributed by atoms with van der Waals surface area (Å²) in [5.74, 6) is -0.0763. The van der Waals surface area contributed by atoms with E-state index in [4.69, 9.17) is 0 Å². The van der Waals surface area contributed by atoms with Gasteiger partial charge in [-0.25, -0.2) is 0 Å². The van der Waals surface area contributed by atoms with Gasteiger partial charge in [-0.3, -0.25) is 4.79 Å². The molecule has 0 aromatic heterocycles. The highest BCUT2D eigenvalue weighted by molar-refractivity contribution is 5.68. The van der Waals surface area contributed by atoms with E-state index >= 15 is 0 Å². The molecule has 0 aromatic carbocycles. The minimum Gasteiger partial charge on any atom is -0.469 e. The molecule has 23 heavy (non-hydrogen) atoms. The van der Waals surface area contributed by atoms with Crippen LogP contribution in [0.5, 0.6) is 0 Å². The Bertz CT molecular complexity index is 305. The van der Waals surface area contributed by atoms with Crippen LogP contribution >= 0.6 is 0 Å². The zero-order chi connectivity index (χ0) is 17.0. The number of hydrogen-bond acceptors (Lipinski definition) is 2. The van der Waals surface area contributed by atoms with Gasteiger partial charge >= 0.3 is 5.97 Å². The third-order valence-electron chi connectivity index (χ3n) is 4.06. The molecule has 0 aromatic rings. The Labute approximate surface area is 144 Å². The van der Waals surface area contributed by atoms with E-state index in [-0.39, 0.29) is 5.97 Å². The Morgan fingerprint density at radius 1 is 0.739 bits per heavy atom. The fourth-order valence-corrected chi connectivity index (χ4v) is 2.54. The number of esters is 1. The van der Waals surface area contributed by atoms with Crippen molar-refractivity contribution >= 4 is 5.97 Å². The lowest BCUT2D eigenvalue weighted by Gasteiger charge is -2.01. The molecule has 0 spiro atoms. The van der Waals surface area contributed by atoms with Crippen LogP contribution < -0.4 is 0 Å². The van der Waals surface area contributed by atoms with Crippen LogP contribution in [0.15, 0.2) is 24.3 Å². The highest BCUT2D eigenvalue weighted by atomic mass is 16.5. The van der Waals surface area contributed by atoms with Crippen LogP contribution in [0.2, 0.25) is 0 Å². The predicted octanol–water partition coefficient (Wildman–Crippen LogP) is 6.75. The maximum absolute atomic E-state index is 10.9. The molecule has 0 aliphatic rings. The minimum absolute atomic E-state index is 0.0763. The van der Waals surface area contributed by atoms with Gasteiger partial charge in [0.15, 0.2) is 0 Å². The zero-order valence-electron chi connectivity index (χ0n) is 15.5. The number of ether oxygens (including phenoxy) is 1. The summed E-state index contributed by atoms with van der Waals surface area (Å²) in [5, 5.41) is 0. The first-order valence-corrected chi connectivity index (χ1v) is 9.68. The van der Waals surface area contributed by atoms with Crippen LogP contribution in [0.25, 0.3) is 0 Å². The fraction of sp³-hybridized carbons (Fsp3) is 0.762. The van der Waals surface area contributed by atoms with E-state index in [9.17, 15) is 4.79 Å². The number of rotatable bonds is 16. The van der Waals surface area contributed by atoms with E-state index in [0.717, 1.165) is 19.3 Å². The molecule has 134 valence electrons. The predicted molar refractivity (Wildman–Crippen MR) is 101 cm³/mol. The van der Waals surface area contributed by atoms with Crippen molar-refractivity contribution in [3.8, 4) is 0 Å². The SMILES string of the molecule is CCCCC/C=C/C/C=C/CCCCCCCCCC(=O)OC. The molecule has 0 saturated heterocycles. The van der Waals surface area contributed by atoms with Crippen LogP contribution in [0.3, 0.4) is 0 Å². The molecule has 0 heterocycles. The molecule has 2 nitrogen and oxygen atoms in total. The van der Waals surface area contributed by atoms with Crippen molar-refractivity contribution in [1.29, 1.82) is 0 Å². The number of allylic oxidation sites excluding steroid dienone is 4. The summed E-state index contributed by atoms with van der Waals surface area (Å²) in [7, 11) is 1.46. The van der Waals surface area contributed by atoms with Crippen molar-refractivity contribution in [3.63, 3.8) is 0 Å². The molecule has 0 bridgehead atoms. The minimum atomic E-state index is -0.0763. The Kier molecular flexibility index (Phi) is 18.1. The van der Waals surface area contributed by atoms with E-state index < -0.39 is 0 Å². The summed E-state index contributed by atoms with van der Waals surface area (Å²) in [5.41, 5.74) is 0. The maximum atomic E-state index is 10.9. The largest absolute Gasteiger partial charge is 0.469 e. The first kappa shape index (κ1) is 21.9. The van der Waals surface area contributed by atoms with Crippen molar-refractivity contribution < 1.29 is 9.53 Å². The van der Waals surface area contributed by atoms with E-state index in [1.165, 1.54) is 71.3 Å². The Hall–Kier alpha value is -1.05. The van der Waals surface area contributed by atoms with Gasteiger partial charge in [-0.05, 0) is 38.5 Å². The molecule has 0 saturated carbocycles. The molecule has 0 atom stereocenters. The molecule has 0 radical (unpaired) electrons. The summed E-state index contributed by atoms with van der Waals surface area (Å²) in [6.45, 7) is 2.25. The summed E-state index contributed by atoms with van der Waals surface area (Å²) in [4.78, 5) is 10.9. The summed E-state index contributed by atoms with van der Waals surface area (Å²) in [6.07, 6.45) is 26.0. The monoisotopic (exact) mass is 322 g/mol. The quantitative estimate of drug-likeness (QED) is 0.178. The van der Waals surface area contributed by atoms with Crippen molar-refractivity contribution in [2.24, 2.45) is 0 Å². The summed E-state index contributed by atoms with van der Waals surface area (Å²) < 4.78 is 4.63. The van der Waals surface area contributed by atoms with Gasteiger partial charge in [0, 0.05) is 6.42 Å². The Balaban J connectivity index is 3.17. The van der Waals surface area contributed by atoms with Crippen LogP contribution in [-0.2, 0) is 9.53 Å². The lowest BCUT2D eigenvalue weighted by atomic mass is 10.1. The van der Waals surface area contributed by atoms with Gasteiger partial charge < -0.3 is 4.74 Å². The summed E-state index contributed by atoms with van der Waals surface area (Å²) >= 11 is 0. The Morgan fingerprint density at radius 3 is 1.83 bits per heavy atom. The first-order chi connectivity index (χ1) is 11.3. The van der Waals surface area contributed by atoms with Crippen LogP contribution in [0, 0.1) is 0 Å². The fourth-order valence-electron chi connectivity index (χ4n) is 2.54. The molecular weight excluding hydrogens is 284 g/mol. The molecular formula is C21H38O2. The van der Waals surface area contributed by atoms with Crippen molar-refractivity contribution in [2.45, 2.75) is 96.8 Å². The molecule has 0 amide bonds. The van der Waals surface area contributed by atoms with Crippen LogP contribution in [0.4, 0.5) is 0 Å². The summed E-state index contributed by atoms with van der Waals surface area (Å²) in [6, 6.07) is 0. The number of carbonyl (C=O) groups excluding carboxylic acids is 1. The number of carbonyl (C=O) groups is 1. The van der Waals surface area contributed by atoms with E-state index in [1.54, 1.807) is 0 Å². The molecule has 0 rings (SSSR count). The lowest BCUT2D eigenvalue weighted by molar-refractivity contribution is -0.140.